The highest BCUT2D eigenvalue weighted by Gasteiger charge is 2.06. The fourth-order valence-corrected chi connectivity index (χ4v) is 1.76. The standard InChI is InChI=1S/C13H18BrNO2/c1-8(2)17-12(16)7-15-11-5-9(3)13(14)10(4)6-11/h5-6,8,15H,7H2,1-4H3. The Balaban J connectivity index is 2.61. The Hall–Kier alpha value is -1.03. The first-order valence-corrected chi connectivity index (χ1v) is 6.39. The fraction of sp³-hybridized carbons (Fsp3) is 0.462. The van der Waals surface area contributed by atoms with E-state index in [4.69, 9.17) is 4.74 Å². The van der Waals surface area contributed by atoms with Gasteiger partial charge in [0, 0.05) is 10.2 Å². The van der Waals surface area contributed by atoms with Crippen LogP contribution in [0.3, 0.4) is 0 Å². The van der Waals surface area contributed by atoms with E-state index < -0.39 is 0 Å². The minimum atomic E-state index is -0.238. The van der Waals surface area contributed by atoms with Gasteiger partial charge in [-0.2, -0.15) is 0 Å². The van der Waals surface area contributed by atoms with E-state index in [1.54, 1.807) is 0 Å². The summed E-state index contributed by atoms with van der Waals surface area (Å²) in [5.41, 5.74) is 3.22. The lowest BCUT2D eigenvalue weighted by Gasteiger charge is -2.11. The number of anilines is 1. The van der Waals surface area contributed by atoms with Gasteiger partial charge in [-0.05, 0) is 51.0 Å². The largest absolute Gasteiger partial charge is 0.462 e. The van der Waals surface area contributed by atoms with Gasteiger partial charge < -0.3 is 10.1 Å². The molecule has 0 aliphatic carbocycles. The molecule has 0 aliphatic rings. The van der Waals surface area contributed by atoms with E-state index in [1.165, 1.54) is 0 Å². The molecule has 0 saturated carbocycles. The molecule has 3 nitrogen and oxygen atoms in total. The first-order valence-electron chi connectivity index (χ1n) is 5.60. The molecule has 0 aliphatic heterocycles. The number of benzene rings is 1. The van der Waals surface area contributed by atoms with Gasteiger partial charge in [0.15, 0.2) is 0 Å². The molecule has 0 atom stereocenters. The third kappa shape index (κ3) is 4.38. The van der Waals surface area contributed by atoms with Gasteiger partial charge in [-0.15, -0.1) is 0 Å². The van der Waals surface area contributed by atoms with Crippen molar-refractivity contribution >= 4 is 27.6 Å². The molecule has 1 N–H and O–H groups in total. The van der Waals surface area contributed by atoms with Crippen LogP contribution in [0.5, 0.6) is 0 Å². The van der Waals surface area contributed by atoms with Crippen molar-refractivity contribution in [2.24, 2.45) is 0 Å². The van der Waals surface area contributed by atoms with Crippen molar-refractivity contribution < 1.29 is 9.53 Å². The summed E-state index contributed by atoms with van der Waals surface area (Å²) in [7, 11) is 0. The van der Waals surface area contributed by atoms with E-state index in [2.05, 4.69) is 21.2 Å². The number of nitrogens with one attached hydrogen (secondary N) is 1. The lowest BCUT2D eigenvalue weighted by atomic mass is 10.1. The second-order valence-electron chi connectivity index (χ2n) is 4.32. The molecule has 0 spiro atoms. The average molecular weight is 300 g/mol. The lowest BCUT2D eigenvalue weighted by molar-refractivity contribution is -0.145. The smallest absolute Gasteiger partial charge is 0.325 e. The molecule has 0 amide bonds. The second kappa shape index (κ2) is 6.05. The van der Waals surface area contributed by atoms with Crippen LogP contribution in [0.2, 0.25) is 0 Å². The Morgan fingerprint density at radius 3 is 2.35 bits per heavy atom. The van der Waals surface area contributed by atoms with Gasteiger partial charge in [-0.1, -0.05) is 15.9 Å². The summed E-state index contributed by atoms with van der Waals surface area (Å²) in [6.07, 6.45) is -0.0716. The van der Waals surface area contributed by atoms with Crippen molar-refractivity contribution in [3.8, 4) is 0 Å². The fourth-order valence-electron chi connectivity index (χ4n) is 1.53. The topological polar surface area (TPSA) is 38.3 Å². The van der Waals surface area contributed by atoms with E-state index in [9.17, 15) is 4.79 Å². The Labute approximate surface area is 111 Å². The predicted octanol–water partition coefficient (Wildman–Crippen LogP) is 3.43. The Morgan fingerprint density at radius 2 is 1.88 bits per heavy atom. The van der Waals surface area contributed by atoms with Crippen molar-refractivity contribution in [2.45, 2.75) is 33.8 Å². The summed E-state index contributed by atoms with van der Waals surface area (Å²) in [4.78, 5) is 11.4. The maximum atomic E-state index is 11.4. The van der Waals surface area contributed by atoms with Gasteiger partial charge in [0.2, 0.25) is 0 Å². The van der Waals surface area contributed by atoms with Crippen molar-refractivity contribution in [2.75, 3.05) is 11.9 Å². The van der Waals surface area contributed by atoms with Crippen molar-refractivity contribution in [1.82, 2.24) is 0 Å². The molecule has 0 saturated heterocycles. The quantitative estimate of drug-likeness (QED) is 0.866. The van der Waals surface area contributed by atoms with Gasteiger partial charge >= 0.3 is 5.97 Å². The maximum Gasteiger partial charge on any atom is 0.325 e. The van der Waals surface area contributed by atoms with Crippen LogP contribution >= 0.6 is 15.9 Å². The van der Waals surface area contributed by atoms with Crippen molar-refractivity contribution in [3.05, 3.63) is 27.7 Å². The first-order chi connectivity index (χ1) is 7.90. The molecule has 1 aromatic rings. The monoisotopic (exact) mass is 299 g/mol. The minimum absolute atomic E-state index is 0.0716. The molecular formula is C13H18BrNO2. The molecule has 17 heavy (non-hydrogen) atoms. The van der Waals surface area contributed by atoms with Crippen LogP contribution in [0.15, 0.2) is 16.6 Å². The number of carbonyl (C=O) groups is 1. The van der Waals surface area contributed by atoms with Gasteiger partial charge in [0.05, 0.1) is 6.10 Å². The number of carbonyl (C=O) groups excluding carboxylic acids is 1. The van der Waals surface area contributed by atoms with E-state index in [-0.39, 0.29) is 18.6 Å². The lowest BCUT2D eigenvalue weighted by Crippen LogP contribution is -2.20. The van der Waals surface area contributed by atoms with Crippen LogP contribution in [-0.2, 0) is 9.53 Å². The third-order valence-corrected chi connectivity index (χ3v) is 3.49. The molecule has 1 rings (SSSR count). The highest BCUT2D eigenvalue weighted by Crippen LogP contribution is 2.24. The average Bonchev–Trinajstić information content (AvgIpc) is 2.22. The van der Waals surface area contributed by atoms with Gasteiger partial charge in [-0.3, -0.25) is 4.79 Å². The van der Waals surface area contributed by atoms with Gasteiger partial charge in [-0.25, -0.2) is 0 Å². The van der Waals surface area contributed by atoms with Crippen LogP contribution in [-0.4, -0.2) is 18.6 Å². The van der Waals surface area contributed by atoms with Crippen molar-refractivity contribution in [3.63, 3.8) is 0 Å². The third-order valence-electron chi connectivity index (χ3n) is 2.24. The SMILES string of the molecule is Cc1cc(NCC(=O)OC(C)C)cc(C)c1Br. The second-order valence-corrected chi connectivity index (χ2v) is 5.11. The zero-order valence-electron chi connectivity index (χ0n) is 10.6. The number of aryl methyl sites for hydroxylation is 2. The van der Waals surface area contributed by atoms with Gasteiger partial charge in [0.25, 0.3) is 0 Å². The number of esters is 1. The normalized spacial score (nSPS) is 10.5. The van der Waals surface area contributed by atoms with E-state index >= 15 is 0 Å². The van der Waals surface area contributed by atoms with E-state index in [1.807, 2.05) is 39.8 Å². The Bertz CT molecular complexity index is 393. The zero-order chi connectivity index (χ0) is 13.0. The molecule has 0 bridgehead atoms. The summed E-state index contributed by atoms with van der Waals surface area (Å²) < 4.78 is 6.15. The number of hydrogen-bond donors (Lipinski definition) is 1. The zero-order valence-corrected chi connectivity index (χ0v) is 12.2. The number of rotatable bonds is 4. The highest BCUT2D eigenvalue weighted by molar-refractivity contribution is 9.10. The molecular weight excluding hydrogens is 282 g/mol. The van der Waals surface area contributed by atoms with Gasteiger partial charge in [0.1, 0.15) is 6.54 Å². The molecule has 1 aromatic carbocycles. The number of hydrogen-bond acceptors (Lipinski definition) is 3. The molecule has 0 heterocycles. The molecule has 0 unspecified atom stereocenters. The van der Waals surface area contributed by atoms with Crippen LogP contribution in [0.4, 0.5) is 5.69 Å². The van der Waals surface area contributed by atoms with Crippen LogP contribution in [0, 0.1) is 13.8 Å². The van der Waals surface area contributed by atoms with Crippen LogP contribution in [0.1, 0.15) is 25.0 Å². The minimum Gasteiger partial charge on any atom is -0.462 e. The molecule has 0 fully saturated rings. The summed E-state index contributed by atoms with van der Waals surface area (Å²) >= 11 is 3.51. The number of halogens is 1. The molecule has 94 valence electrons. The maximum absolute atomic E-state index is 11.4. The Morgan fingerprint density at radius 1 is 1.35 bits per heavy atom. The molecule has 0 radical (unpaired) electrons. The van der Waals surface area contributed by atoms with Crippen LogP contribution in [0.25, 0.3) is 0 Å². The van der Waals surface area contributed by atoms with E-state index in [0.717, 1.165) is 21.3 Å². The first kappa shape index (κ1) is 14.0. The summed E-state index contributed by atoms with van der Waals surface area (Å²) in [6.45, 7) is 7.92. The summed E-state index contributed by atoms with van der Waals surface area (Å²) in [6, 6.07) is 4.00. The van der Waals surface area contributed by atoms with Crippen molar-refractivity contribution in [1.29, 1.82) is 0 Å². The summed E-state index contributed by atoms with van der Waals surface area (Å²) in [5, 5.41) is 3.06. The predicted molar refractivity (Wildman–Crippen MR) is 73.3 cm³/mol. The number of ether oxygens (including phenoxy) is 1. The summed E-state index contributed by atoms with van der Waals surface area (Å²) in [5.74, 6) is -0.238. The van der Waals surface area contributed by atoms with Crippen LogP contribution < -0.4 is 5.32 Å². The molecule has 4 heteroatoms. The molecule has 0 aromatic heterocycles. The van der Waals surface area contributed by atoms with E-state index in [0.29, 0.717) is 0 Å². The highest BCUT2D eigenvalue weighted by atomic mass is 79.9. The Kier molecular flexibility index (Phi) is 5.00.